The Bertz CT molecular complexity index is 505. The quantitative estimate of drug-likeness (QED) is 0.783. The Labute approximate surface area is 120 Å². The van der Waals surface area contributed by atoms with Crippen molar-refractivity contribution < 1.29 is 13.9 Å². The molecule has 0 aliphatic carbocycles. The molecule has 0 saturated carbocycles. The van der Waals surface area contributed by atoms with Crippen LogP contribution in [-0.4, -0.2) is 30.6 Å². The van der Waals surface area contributed by atoms with Gasteiger partial charge in [-0.1, -0.05) is 6.07 Å². The average Bonchev–Trinajstić information content (AvgIpc) is 2.47. The van der Waals surface area contributed by atoms with Crippen LogP contribution in [0.3, 0.4) is 0 Å². The minimum Gasteiger partial charge on any atom is -0.370 e. The second-order valence-electron chi connectivity index (χ2n) is 4.91. The standard InChI is InChI=1S/C14H20N2O3P/c1-19-20(18)10-13(17)6-2-5-12-8-7-11-4-3-9-15-14(11)16-12/h7-8H,2-6,9-10H2,1H3,(H,15,16)/q+1. The van der Waals surface area contributed by atoms with Gasteiger partial charge in [0.05, 0.1) is 7.11 Å². The molecule has 0 amide bonds. The highest BCUT2D eigenvalue weighted by Crippen LogP contribution is 2.22. The number of hydrogen-bond acceptors (Lipinski definition) is 5. The fourth-order valence-corrected chi connectivity index (χ4v) is 2.84. The number of nitrogens with zero attached hydrogens (tertiary/aromatic N) is 1. The maximum atomic E-state index is 11.5. The predicted molar refractivity (Wildman–Crippen MR) is 78.5 cm³/mol. The van der Waals surface area contributed by atoms with Crippen LogP contribution in [0, 0.1) is 0 Å². The lowest BCUT2D eigenvalue weighted by Gasteiger charge is -2.17. The summed E-state index contributed by atoms with van der Waals surface area (Å²) < 4.78 is 15.7. The lowest BCUT2D eigenvalue weighted by Crippen LogP contribution is -2.14. The monoisotopic (exact) mass is 295 g/mol. The van der Waals surface area contributed by atoms with Crippen LogP contribution in [0.4, 0.5) is 5.82 Å². The lowest BCUT2D eigenvalue weighted by atomic mass is 10.1. The third-order valence-electron chi connectivity index (χ3n) is 3.35. The summed E-state index contributed by atoms with van der Waals surface area (Å²) >= 11 is 0. The smallest absolute Gasteiger partial charge is 0.370 e. The highest BCUT2D eigenvalue weighted by Gasteiger charge is 2.20. The molecule has 2 heterocycles. The van der Waals surface area contributed by atoms with Gasteiger partial charge < -0.3 is 5.32 Å². The minimum atomic E-state index is -1.82. The van der Waals surface area contributed by atoms with Crippen molar-refractivity contribution in [3.05, 3.63) is 23.4 Å². The van der Waals surface area contributed by atoms with Crippen LogP contribution in [0.5, 0.6) is 0 Å². The van der Waals surface area contributed by atoms with E-state index in [-0.39, 0.29) is 11.9 Å². The van der Waals surface area contributed by atoms with E-state index in [0.717, 1.165) is 43.7 Å². The highest BCUT2D eigenvalue weighted by molar-refractivity contribution is 7.40. The van der Waals surface area contributed by atoms with Crippen LogP contribution in [0.1, 0.15) is 30.5 Å². The number of fused-ring (bicyclic) bond motifs is 1. The molecule has 1 aromatic heterocycles. The van der Waals surface area contributed by atoms with Crippen molar-refractivity contribution in [2.24, 2.45) is 0 Å². The zero-order valence-electron chi connectivity index (χ0n) is 11.7. The van der Waals surface area contributed by atoms with Gasteiger partial charge in [0.2, 0.25) is 6.16 Å². The number of Topliss-reactive ketones (excluding diaryl/α,β-unsaturated/α-hetero) is 1. The molecule has 0 spiro atoms. The number of ketones is 1. The van der Waals surface area contributed by atoms with Crippen LogP contribution in [0.25, 0.3) is 0 Å². The Hall–Kier alpha value is -1.32. The van der Waals surface area contributed by atoms with Gasteiger partial charge in [0, 0.05) is 18.7 Å². The summed E-state index contributed by atoms with van der Waals surface area (Å²) in [6.45, 7) is 0.978. The first-order valence-electron chi connectivity index (χ1n) is 6.92. The van der Waals surface area contributed by atoms with Crippen LogP contribution >= 0.6 is 8.03 Å². The highest BCUT2D eigenvalue weighted by atomic mass is 31.1. The number of hydrogen-bond donors (Lipinski definition) is 1. The Morgan fingerprint density at radius 3 is 3.15 bits per heavy atom. The summed E-state index contributed by atoms with van der Waals surface area (Å²) in [7, 11) is -0.463. The van der Waals surface area contributed by atoms with Crippen molar-refractivity contribution in [2.75, 3.05) is 25.1 Å². The van der Waals surface area contributed by atoms with Gasteiger partial charge in [0.1, 0.15) is 5.82 Å². The summed E-state index contributed by atoms with van der Waals surface area (Å²) in [5.41, 5.74) is 2.27. The molecular weight excluding hydrogens is 275 g/mol. The molecule has 5 nitrogen and oxygen atoms in total. The van der Waals surface area contributed by atoms with Gasteiger partial charge >= 0.3 is 8.03 Å². The van der Waals surface area contributed by atoms with Gasteiger partial charge in [-0.2, -0.15) is 0 Å². The largest absolute Gasteiger partial charge is 0.515 e. The van der Waals surface area contributed by atoms with Gasteiger partial charge in [-0.05, 0) is 41.9 Å². The van der Waals surface area contributed by atoms with Crippen LogP contribution in [-0.2, 0) is 26.7 Å². The number of nitrogens with one attached hydrogen (secondary N) is 1. The van der Waals surface area contributed by atoms with Gasteiger partial charge in [-0.3, -0.25) is 4.79 Å². The first-order chi connectivity index (χ1) is 9.69. The predicted octanol–water partition coefficient (Wildman–Crippen LogP) is 2.72. The normalized spacial score (nSPS) is 14.3. The molecule has 108 valence electrons. The summed E-state index contributed by atoms with van der Waals surface area (Å²) in [5, 5.41) is 3.30. The molecule has 1 aliphatic rings. The van der Waals surface area contributed by atoms with Crippen molar-refractivity contribution in [1.82, 2.24) is 4.98 Å². The Morgan fingerprint density at radius 1 is 1.50 bits per heavy atom. The third kappa shape index (κ3) is 4.36. The molecule has 1 aromatic rings. The molecule has 0 radical (unpaired) electrons. The fourth-order valence-electron chi connectivity index (χ4n) is 2.26. The lowest BCUT2D eigenvalue weighted by molar-refractivity contribution is -0.116. The molecule has 1 N–H and O–H groups in total. The van der Waals surface area contributed by atoms with Gasteiger partial charge in [0.25, 0.3) is 0 Å². The molecule has 1 unspecified atom stereocenters. The molecule has 6 heteroatoms. The number of carbonyl (C=O) groups is 1. The van der Waals surface area contributed by atoms with E-state index >= 15 is 0 Å². The Morgan fingerprint density at radius 2 is 2.35 bits per heavy atom. The zero-order valence-corrected chi connectivity index (χ0v) is 12.6. The van der Waals surface area contributed by atoms with E-state index in [1.807, 2.05) is 6.07 Å². The van der Waals surface area contributed by atoms with Crippen LogP contribution in [0.15, 0.2) is 12.1 Å². The number of rotatable bonds is 7. The maximum absolute atomic E-state index is 11.5. The summed E-state index contributed by atoms with van der Waals surface area (Å²) in [5.74, 6) is 0.978. The SMILES string of the molecule is CO[P+](=O)CC(=O)CCCc1ccc2c(n1)NCCC2. The second-order valence-corrected chi connectivity index (χ2v) is 6.25. The van der Waals surface area contributed by atoms with E-state index in [0.29, 0.717) is 6.42 Å². The number of carbonyl (C=O) groups excluding carboxylic acids is 1. The maximum Gasteiger partial charge on any atom is 0.515 e. The number of aryl methyl sites for hydroxylation is 2. The van der Waals surface area contributed by atoms with E-state index in [1.54, 1.807) is 0 Å². The molecule has 1 atom stereocenters. The minimum absolute atomic E-state index is 0.0101. The van der Waals surface area contributed by atoms with E-state index < -0.39 is 8.03 Å². The van der Waals surface area contributed by atoms with Crippen molar-refractivity contribution >= 4 is 19.6 Å². The van der Waals surface area contributed by atoms with Gasteiger partial charge in [0.15, 0.2) is 5.78 Å². The first kappa shape index (κ1) is 15.1. The average molecular weight is 295 g/mol. The number of aromatic nitrogens is 1. The molecule has 2 rings (SSSR count). The molecule has 1 aliphatic heterocycles. The van der Waals surface area contributed by atoms with Crippen molar-refractivity contribution in [3.8, 4) is 0 Å². The van der Waals surface area contributed by atoms with Crippen LogP contribution < -0.4 is 5.32 Å². The summed E-state index contributed by atoms with van der Waals surface area (Å²) in [4.78, 5) is 16.1. The second kappa shape index (κ2) is 7.46. The topological polar surface area (TPSA) is 68.3 Å². The Kier molecular flexibility index (Phi) is 5.62. The zero-order chi connectivity index (χ0) is 14.4. The Balaban J connectivity index is 1.79. The molecule has 0 saturated heterocycles. The van der Waals surface area contributed by atoms with E-state index in [2.05, 4.69) is 20.9 Å². The van der Waals surface area contributed by atoms with E-state index in [4.69, 9.17) is 0 Å². The molecule has 20 heavy (non-hydrogen) atoms. The third-order valence-corrected chi connectivity index (χ3v) is 4.37. The van der Waals surface area contributed by atoms with E-state index in [9.17, 15) is 9.36 Å². The van der Waals surface area contributed by atoms with E-state index in [1.165, 1.54) is 12.7 Å². The molecule has 0 bridgehead atoms. The van der Waals surface area contributed by atoms with Gasteiger partial charge in [-0.25, -0.2) is 4.98 Å². The molecular formula is C14H20N2O3P+. The van der Waals surface area contributed by atoms with Crippen LogP contribution in [0.2, 0.25) is 0 Å². The molecule has 0 aromatic carbocycles. The number of anilines is 1. The van der Waals surface area contributed by atoms with Crippen molar-refractivity contribution in [3.63, 3.8) is 0 Å². The van der Waals surface area contributed by atoms with Crippen molar-refractivity contribution in [1.29, 1.82) is 0 Å². The molecule has 0 fully saturated rings. The van der Waals surface area contributed by atoms with Crippen molar-refractivity contribution in [2.45, 2.75) is 32.1 Å². The summed E-state index contributed by atoms with van der Waals surface area (Å²) in [6.07, 6.45) is 4.18. The number of pyridine rings is 1. The summed E-state index contributed by atoms with van der Waals surface area (Å²) in [6, 6.07) is 4.15. The van der Waals surface area contributed by atoms with Gasteiger partial charge in [-0.15, -0.1) is 4.52 Å². The first-order valence-corrected chi connectivity index (χ1v) is 8.28. The fraction of sp³-hybridized carbons (Fsp3) is 0.571.